The molecule has 0 saturated heterocycles. The molecular formula is C23H28N4O5. The van der Waals surface area contributed by atoms with Crippen LogP contribution in [0.3, 0.4) is 0 Å². The maximum absolute atomic E-state index is 12.1. The van der Waals surface area contributed by atoms with E-state index in [2.05, 4.69) is 21.2 Å². The van der Waals surface area contributed by atoms with Crippen molar-refractivity contribution < 1.29 is 23.9 Å². The normalized spacial score (nSPS) is 10.6. The smallest absolute Gasteiger partial charge is 0.329 e. The molecule has 9 heteroatoms. The zero-order valence-electron chi connectivity index (χ0n) is 18.4. The number of carbonyl (C=O) groups is 3. The second-order valence-electron chi connectivity index (χ2n) is 7.08. The first-order chi connectivity index (χ1) is 15.4. The lowest BCUT2D eigenvalue weighted by atomic mass is 10.1. The number of hydrogen-bond donors (Lipinski definition) is 3. The van der Waals surface area contributed by atoms with Crippen molar-refractivity contribution >= 4 is 29.6 Å². The molecular weight excluding hydrogens is 412 g/mol. The van der Waals surface area contributed by atoms with Crippen molar-refractivity contribution in [3.8, 4) is 5.75 Å². The van der Waals surface area contributed by atoms with Crippen molar-refractivity contribution in [2.24, 2.45) is 5.10 Å². The molecule has 0 heterocycles. The average Bonchev–Trinajstić information content (AvgIpc) is 2.75. The predicted molar refractivity (Wildman–Crippen MR) is 122 cm³/mol. The third kappa shape index (κ3) is 8.97. The fraction of sp³-hybridized carbons (Fsp3) is 0.304. The van der Waals surface area contributed by atoms with Crippen molar-refractivity contribution in [3.05, 3.63) is 59.2 Å². The molecule has 0 aliphatic heterocycles. The van der Waals surface area contributed by atoms with Gasteiger partial charge in [0, 0.05) is 25.9 Å². The standard InChI is InChI=1S/C23H28N4O5/c1-16-11-17(2)13-19(12-16)26-21(28)15-32-20-7-5-18(6-8-20)14-25-27-23(30)22(29)24-9-4-10-31-3/h5-8,11-14H,4,9-10,15H2,1-3H3,(H,24,29)(H,26,28)(H,27,30)/b25-14-. The van der Waals surface area contributed by atoms with Crippen LogP contribution in [0.15, 0.2) is 47.6 Å². The Bertz CT molecular complexity index is 937. The first-order valence-electron chi connectivity index (χ1n) is 10.1. The quantitative estimate of drug-likeness (QED) is 0.226. The molecule has 9 nitrogen and oxygen atoms in total. The molecule has 0 saturated carbocycles. The molecule has 2 aromatic rings. The van der Waals surface area contributed by atoms with Gasteiger partial charge in [-0.2, -0.15) is 5.10 Å². The molecule has 2 rings (SSSR count). The van der Waals surface area contributed by atoms with E-state index in [1.807, 2.05) is 32.0 Å². The monoisotopic (exact) mass is 440 g/mol. The number of anilines is 1. The maximum atomic E-state index is 12.1. The maximum Gasteiger partial charge on any atom is 0.329 e. The Hall–Kier alpha value is -3.72. The summed E-state index contributed by atoms with van der Waals surface area (Å²) >= 11 is 0. The Kier molecular flexibility index (Phi) is 9.86. The van der Waals surface area contributed by atoms with Gasteiger partial charge in [0.1, 0.15) is 5.75 Å². The van der Waals surface area contributed by atoms with E-state index < -0.39 is 11.8 Å². The fourth-order valence-corrected chi connectivity index (χ4v) is 2.76. The number of nitrogens with one attached hydrogen (secondary N) is 3. The van der Waals surface area contributed by atoms with Crippen molar-refractivity contribution in [1.29, 1.82) is 0 Å². The lowest BCUT2D eigenvalue weighted by Crippen LogP contribution is -2.38. The van der Waals surface area contributed by atoms with E-state index in [0.29, 0.717) is 30.9 Å². The van der Waals surface area contributed by atoms with Crippen LogP contribution in [0.4, 0.5) is 5.69 Å². The van der Waals surface area contributed by atoms with E-state index in [4.69, 9.17) is 9.47 Å². The molecule has 0 aliphatic carbocycles. The number of hydrogen-bond acceptors (Lipinski definition) is 6. The van der Waals surface area contributed by atoms with Crippen LogP contribution in [-0.2, 0) is 19.1 Å². The summed E-state index contributed by atoms with van der Waals surface area (Å²) in [6.45, 7) is 4.64. The van der Waals surface area contributed by atoms with Gasteiger partial charge in [-0.1, -0.05) is 6.07 Å². The highest BCUT2D eigenvalue weighted by molar-refractivity contribution is 6.35. The number of hydrazone groups is 1. The summed E-state index contributed by atoms with van der Waals surface area (Å²) in [6.07, 6.45) is 2.01. The molecule has 170 valence electrons. The van der Waals surface area contributed by atoms with Crippen LogP contribution in [0.1, 0.15) is 23.1 Å². The zero-order chi connectivity index (χ0) is 23.3. The van der Waals surface area contributed by atoms with Crippen LogP contribution >= 0.6 is 0 Å². The number of benzene rings is 2. The summed E-state index contributed by atoms with van der Waals surface area (Å²) in [4.78, 5) is 35.3. The van der Waals surface area contributed by atoms with E-state index in [9.17, 15) is 14.4 Å². The average molecular weight is 441 g/mol. The van der Waals surface area contributed by atoms with Gasteiger partial charge in [0.25, 0.3) is 5.91 Å². The SMILES string of the molecule is COCCCNC(=O)C(=O)N/N=C\c1ccc(OCC(=O)Nc2cc(C)cc(C)c2)cc1. The molecule has 2 aromatic carbocycles. The lowest BCUT2D eigenvalue weighted by Gasteiger charge is -2.09. The van der Waals surface area contributed by atoms with Gasteiger partial charge in [0.05, 0.1) is 6.21 Å². The highest BCUT2D eigenvalue weighted by Gasteiger charge is 2.11. The summed E-state index contributed by atoms with van der Waals surface area (Å²) in [5.74, 6) is -1.37. The fourth-order valence-electron chi connectivity index (χ4n) is 2.76. The van der Waals surface area contributed by atoms with Crippen LogP contribution in [0.25, 0.3) is 0 Å². The number of methoxy groups -OCH3 is 1. The largest absolute Gasteiger partial charge is 0.484 e. The summed E-state index contributed by atoms with van der Waals surface area (Å²) < 4.78 is 10.4. The molecule has 0 spiro atoms. The highest BCUT2D eigenvalue weighted by atomic mass is 16.5. The molecule has 0 radical (unpaired) electrons. The van der Waals surface area contributed by atoms with Gasteiger partial charge < -0.3 is 20.1 Å². The van der Waals surface area contributed by atoms with Gasteiger partial charge in [-0.3, -0.25) is 14.4 Å². The second-order valence-corrected chi connectivity index (χ2v) is 7.08. The Morgan fingerprint density at radius 2 is 1.69 bits per heavy atom. The third-order valence-corrected chi connectivity index (χ3v) is 4.15. The molecule has 0 fully saturated rings. The molecule has 0 unspecified atom stereocenters. The minimum atomic E-state index is -0.853. The van der Waals surface area contributed by atoms with E-state index >= 15 is 0 Å². The number of rotatable bonds is 10. The summed E-state index contributed by atoms with van der Waals surface area (Å²) in [7, 11) is 1.56. The van der Waals surface area contributed by atoms with Gasteiger partial charge in [-0.05, 0) is 73.4 Å². The minimum Gasteiger partial charge on any atom is -0.484 e. The predicted octanol–water partition coefficient (Wildman–Crippen LogP) is 1.92. The van der Waals surface area contributed by atoms with E-state index in [1.54, 1.807) is 31.4 Å². The van der Waals surface area contributed by atoms with Crippen LogP contribution in [-0.4, -0.2) is 50.8 Å². The number of nitrogens with zero attached hydrogens (tertiary/aromatic N) is 1. The Labute approximate surface area is 187 Å². The number of carbonyl (C=O) groups excluding carboxylic acids is 3. The second kappa shape index (κ2) is 12.9. The van der Waals surface area contributed by atoms with Crippen molar-refractivity contribution in [2.45, 2.75) is 20.3 Å². The first kappa shape index (κ1) is 24.5. The molecule has 3 N–H and O–H groups in total. The third-order valence-electron chi connectivity index (χ3n) is 4.15. The van der Waals surface area contributed by atoms with Crippen LogP contribution < -0.4 is 20.8 Å². The Balaban J connectivity index is 1.74. The zero-order valence-corrected chi connectivity index (χ0v) is 18.4. The highest BCUT2D eigenvalue weighted by Crippen LogP contribution is 2.14. The summed E-state index contributed by atoms with van der Waals surface area (Å²) in [6, 6.07) is 12.6. The summed E-state index contributed by atoms with van der Waals surface area (Å²) in [5.41, 5.74) is 5.70. The molecule has 3 amide bonds. The van der Waals surface area contributed by atoms with Gasteiger partial charge in [0.2, 0.25) is 0 Å². The van der Waals surface area contributed by atoms with E-state index in [0.717, 1.165) is 16.8 Å². The Morgan fingerprint density at radius 1 is 1.00 bits per heavy atom. The Morgan fingerprint density at radius 3 is 2.34 bits per heavy atom. The number of aryl methyl sites for hydroxylation is 2. The molecule has 32 heavy (non-hydrogen) atoms. The van der Waals surface area contributed by atoms with E-state index in [1.165, 1.54) is 6.21 Å². The van der Waals surface area contributed by atoms with Gasteiger partial charge >= 0.3 is 11.8 Å². The van der Waals surface area contributed by atoms with Crippen molar-refractivity contribution in [1.82, 2.24) is 10.7 Å². The van der Waals surface area contributed by atoms with E-state index in [-0.39, 0.29) is 12.5 Å². The topological polar surface area (TPSA) is 118 Å². The molecule has 0 atom stereocenters. The van der Waals surface area contributed by atoms with Crippen LogP contribution in [0, 0.1) is 13.8 Å². The van der Waals surface area contributed by atoms with Crippen molar-refractivity contribution in [2.75, 3.05) is 32.2 Å². The van der Waals surface area contributed by atoms with Gasteiger partial charge in [0.15, 0.2) is 6.61 Å². The van der Waals surface area contributed by atoms with Gasteiger partial charge in [-0.25, -0.2) is 5.43 Å². The number of amides is 3. The summed E-state index contributed by atoms with van der Waals surface area (Å²) in [5, 5.41) is 9.03. The van der Waals surface area contributed by atoms with Crippen LogP contribution in [0.2, 0.25) is 0 Å². The van der Waals surface area contributed by atoms with Crippen LogP contribution in [0.5, 0.6) is 5.75 Å². The molecule has 0 bridgehead atoms. The molecule has 0 aliphatic rings. The lowest BCUT2D eigenvalue weighted by molar-refractivity contribution is -0.139. The molecule has 0 aromatic heterocycles. The minimum absolute atomic E-state index is 0.129. The number of ether oxygens (including phenoxy) is 2. The first-order valence-corrected chi connectivity index (χ1v) is 10.1. The van der Waals surface area contributed by atoms with Gasteiger partial charge in [-0.15, -0.1) is 0 Å². The van der Waals surface area contributed by atoms with Crippen molar-refractivity contribution in [3.63, 3.8) is 0 Å².